The molecule has 7 heteroatoms. The van der Waals surface area contributed by atoms with E-state index in [-0.39, 0.29) is 17.3 Å². The van der Waals surface area contributed by atoms with Crippen molar-refractivity contribution in [3.8, 4) is 0 Å². The lowest BCUT2D eigenvalue weighted by Gasteiger charge is -2.54. The third kappa shape index (κ3) is 3.35. The highest BCUT2D eigenvalue weighted by atomic mass is 35.6. The second-order valence-electron chi connectivity index (χ2n) is 7.27. The average Bonchev–Trinajstić information content (AvgIpc) is 2.40. The first-order valence-electron chi connectivity index (χ1n) is 8.05. The van der Waals surface area contributed by atoms with Crippen LogP contribution < -0.4 is 11.1 Å². The maximum Gasteiger partial charge on any atom is 0.257 e. The van der Waals surface area contributed by atoms with Crippen LogP contribution in [-0.2, 0) is 9.59 Å². The molecule has 0 saturated heterocycles. The molecule has 4 fully saturated rings. The number of carbonyl (C=O) groups is 2. The summed E-state index contributed by atoms with van der Waals surface area (Å²) in [4.78, 5) is 24.5. The number of amides is 1. The third-order valence-corrected chi connectivity index (χ3v) is 6.29. The van der Waals surface area contributed by atoms with Gasteiger partial charge in [-0.2, -0.15) is 0 Å². The molecule has 0 atom stereocenters. The highest BCUT2D eigenvalue weighted by Crippen LogP contribution is 2.53. The average molecular weight is 380 g/mol. The van der Waals surface area contributed by atoms with Gasteiger partial charge < -0.3 is 11.1 Å². The second kappa shape index (κ2) is 6.12. The molecule has 4 nitrogen and oxygen atoms in total. The quantitative estimate of drug-likeness (QED) is 0.342. The molecular weight excluding hydrogens is 359 g/mol. The molecule has 0 radical (unpaired) electrons. The Balaban J connectivity index is 1.79. The number of nitrogens with two attached hydrogens (primary N) is 1. The Hall–Kier alpha value is -0.450. The predicted octanol–water partition coefficient (Wildman–Crippen LogP) is 3.10. The molecule has 0 aromatic rings. The Morgan fingerprint density at radius 1 is 1.00 bits per heavy atom. The van der Waals surface area contributed by atoms with Gasteiger partial charge in [0, 0.05) is 6.04 Å². The van der Waals surface area contributed by atoms with E-state index in [0.29, 0.717) is 11.8 Å². The van der Waals surface area contributed by atoms with Crippen molar-refractivity contribution in [2.45, 2.75) is 48.9 Å². The molecule has 0 aromatic heterocycles. The third-order valence-electron chi connectivity index (χ3n) is 5.68. The van der Waals surface area contributed by atoms with Crippen molar-refractivity contribution in [1.29, 1.82) is 0 Å². The molecular formula is C16H21Cl3N2O2. The summed E-state index contributed by atoms with van der Waals surface area (Å²) < 4.78 is -1.97. The minimum Gasteiger partial charge on any atom is -0.398 e. The van der Waals surface area contributed by atoms with E-state index in [1.54, 1.807) is 0 Å². The Kier molecular flexibility index (Phi) is 4.63. The van der Waals surface area contributed by atoms with Crippen LogP contribution >= 0.6 is 34.8 Å². The van der Waals surface area contributed by atoms with Crippen LogP contribution in [0.15, 0.2) is 11.3 Å². The summed E-state index contributed by atoms with van der Waals surface area (Å²) in [7, 11) is 0. The van der Waals surface area contributed by atoms with E-state index in [1.807, 2.05) is 0 Å². The molecule has 4 aliphatic carbocycles. The standard InChI is InChI=1S/C16H21Cl3N2O2/c1-7(22)12(14(20)16(17,18)19)15(23)21-13-10-3-8-2-9(5-10)6-11(13)4-8/h8-11,13H,2-6,20H2,1H3,(H,21,23)/b14-12-. The normalized spacial score (nSPS) is 36.6. The van der Waals surface area contributed by atoms with Crippen LogP contribution in [0.4, 0.5) is 0 Å². The SMILES string of the molecule is CC(=O)/C(C(=O)NC1C2CC3CC(C2)CC1C3)=C(/N)C(Cl)(Cl)Cl. The number of Topliss-reactive ketones (excluding diaryl/α,β-unsaturated/α-hetero) is 1. The Bertz CT molecular complexity index is 540. The second-order valence-corrected chi connectivity index (χ2v) is 9.55. The Morgan fingerprint density at radius 2 is 1.48 bits per heavy atom. The number of rotatable bonds is 3. The summed E-state index contributed by atoms with van der Waals surface area (Å²) in [6, 6.07) is 0.104. The van der Waals surface area contributed by atoms with Gasteiger partial charge in [-0.25, -0.2) is 0 Å². The smallest absolute Gasteiger partial charge is 0.257 e. The van der Waals surface area contributed by atoms with Crippen molar-refractivity contribution in [3.63, 3.8) is 0 Å². The Labute approximate surface area is 151 Å². The first kappa shape index (κ1) is 17.4. The lowest BCUT2D eigenvalue weighted by molar-refractivity contribution is -0.124. The summed E-state index contributed by atoms with van der Waals surface area (Å²) in [5, 5.41) is 3.02. The predicted molar refractivity (Wildman–Crippen MR) is 91.2 cm³/mol. The molecule has 0 spiro atoms. The molecule has 4 aliphatic rings. The fourth-order valence-electron chi connectivity index (χ4n) is 5.00. The van der Waals surface area contributed by atoms with E-state index in [9.17, 15) is 9.59 Å². The first-order chi connectivity index (χ1) is 10.7. The van der Waals surface area contributed by atoms with Crippen LogP contribution in [0.25, 0.3) is 0 Å². The molecule has 128 valence electrons. The summed E-state index contributed by atoms with van der Waals surface area (Å²) >= 11 is 17.2. The lowest BCUT2D eigenvalue weighted by Crippen LogP contribution is -2.56. The minimum absolute atomic E-state index is 0.104. The number of allylic oxidation sites excluding steroid dienone is 1. The first-order valence-corrected chi connectivity index (χ1v) is 9.19. The minimum atomic E-state index is -1.97. The van der Waals surface area contributed by atoms with Crippen LogP contribution in [0.5, 0.6) is 0 Å². The van der Waals surface area contributed by atoms with Crippen molar-refractivity contribution >= 4 is 46.5 Å². The molecule has 4 bridgehead atoms. The summed E-state index contributed by atoms with van der Waals surface area (Å²) in [6.07, 6.45) is 5.99. The molecule has 0 heterocycles. The zero-order valence-electron chi connectivity index (χ0n) is 13.0. The van der Waals surface area contributed by atoms with E-state index < -0.39 is 15.5 Å². The van der Waals surface area contributed by atoms with Gasteiger partial charge in [-0.15, -0.1) is 0 Å². The number of hydrogen-bond donors (Lipinski definition) is 2. The highest BCUT2D eigenvalue weighted by Gasteiger charge is 2.49. The molecule has 1 amide bonds. The number of hydrogen-bond acceptors (Lipinski definition) is 3. The van der Waals surface area contributed by atoms with E-state index in [1.165, 1.54) is 13.3 Å². The van der Waals surface area contributed by atoms with Crippen molar-refractivity contribution in [3.05, 3.63) is 11.3 Å². The van der Waals surface area contributed by atoms with Crippen LogP contribution in [0.1, 0.15) is 39.0 Å². The summed E-state index contributed by atoms with van der Waals surface area (Å²) in [5.74, 6) is 1.60. The van der Waals surface area contributed by atoms with Gasteiger partial charge in [0.1, 0.15) is 5.57 Å². The largest absolute Gasteiger partial charge is 0.398 e. The van der Waals surface area contributed by atoms with Crippen molar-refractivity contribution in [2.24, 2.45) is 29.4 Å². The van der Waals surface area contributed by atoms with Crippen molar-refractivity contribution < 1.29 is 9.59 Å². The van der Waals surface area contributed by atoms with Crippen LogP contribution in [-0.4, -0.2) is 21.5 Å². The monoisotopic (exact) mass is 378 g/mol. The van der Waals surface area contributed by atoms with Gasteiger partial charge in [0.2, 0.25) is 3.79 Å². The maximum atomic E-state index is 12.6. The van der Waals surface area contributed by atoms with Gasteiger partial charge in [0.15, 0.2) is 5.78 Å². The molecule has 4 saturated carbocycles. The zero-order valence-corrected chi connectivity index (χ0v) is 15.2. The zero-order chi connectivity index (χ0) is 16.9. The van der Waals surface area contributed by atoms with Gasteiger partial charge in [0.05, 0.1) is 5.70 Å². The summed E-state index contributed by atoms with van der Waals surface area (Å²) in [5.41, 5.74) is 5.20. The molecule has 23 heavy (non-hydrogen) atoms. The van der Waals surface area contributed by atoms with Crippen LogP contribution in [0.3, 0.4) is 0 Å². The van der Waals surface area contributed by atoms with Crippen molar-refractivity contribution in [1.82, 2.24) is 5.32 Å². The molecule has 0 aliphatic heterocycles. The van der Waals surface area contributed by atoms with E-state index in [0.717, 1.165) is 37.5 Å². The fourth-order valence-corrected chi connectivity index (χ4v) is 5.28. The van der Waals surface area contributed by atoms with Gasteiger partial charge >= 0.3 is 0 Å². The lowest BCUT2D eigenvalue weighted by atomic mass is 9.54. The van der Waals surface area contributed by atoms with Gasteiger partial charge in [0.25, 0.3) is 5.91 Å². The van der Waals surface area contributed by atoms with E-state index in [4.69, 9.17) is 40.5 Å². The maximum absolute atomic E-state index is 12.6. The number of halogens is 3. The van der Waals surface area contributed by atoms with Gasteiger partial charge in [-0.1, -0.05) is 34.8 Å². The number of carbonyl (C=O) groups excluding carboxylic acids is 2. The fraction of sp³-hybridized carbons (Fsp3) is 0.750. The number of ketones is 1. The molecule has 0 unspecified atom stereocenters. The van der Waals surface area contributed by atoms with Gasteiger partial charge in [-0.3, -0.25) is 9.59 Å². The molecule has 4 rings (SSSR count). The number of nitrogens with one attached hydrogen (secondary N) is 1. The van der Waals surface area contributed by atoms with Gasteiger partial charge in [-0.05, 0) is 62.7 Å². The number of alkyl halides is 3. The topological polar surface area (TPSA) is 72.2 Å². The highest BCUT2D eigenvalue weighted by molar-refractivity contribution is 6.69. The van der Waals surface area contributed by atoms with Crippen LogP contribution in [0.2, 0.25) is 0 Å². The Morgan fingerprint density at radius 3 is 1.87 bits per heavy atom. The molecule has 0 aromatic carbocycles. The van der Waals surface area contributed by atoms with E-state index >= 15 is 0 Å². The molecule has 3 N–H and O–H groups in total. The van der Waals surface area contributed by atoms with Crippen LogP contribution in [0, 0.1) is 23.7 Å². The summed E-state index contributed by atoms with van der Waals surface area (Å²) in [6.45, 7) is 1.26. The van der Waals surface area contributed by atoms with E-state index in [2.05, 4.69) is 5.32 Å². The van der Waals surface area contributed by atoms with Crippen molar-refractivity contribution in [2.75, 3.05) is 0 Å².